The van der Waals surface area contributed by atoms with Crippen molar-refractivity contribution in [2.75, 3.05) is 38.4 Å². The lowest BCUT2D eigenvalue weighted by molar-refractivity contribution is -0.138. The molecule has 7 rings (SSSR count). The van der Waals surface area contributed by atoms with Gasteiger partial charge in [-0.05, 0) is 71.9 Å². The smallest absolute Gasteiger partial charge is 0.248 e. The molecule has 2 fully saturated rings. The molecule has 48 heavy (non-hydrogen) atoms. The number of Topliss-reactive ketones (excluding diaryl/α,β-unsaturated/α-hetero) is 1. The van der Waals surface area contributed by atoms with E-state index in [1.807, 2.05) is 32.0 Å². The van der Waals surface area contributed by atoms with Crippen LogP contribution in [0.25, 0.3) is 22.0 Å². The third-order valence-electron chi connectivity index (χ3n) is 9.36. The van der Waals surface area contributed by atoms with Crippen molar-refractivity contribution in [2.45, 2.75) is 58.8 Å². The summed E-state index contributed by atoms with van der Waals surface area (Å²) in [5, 5.41) is 8.24. The highest BCUT2D eigenvalue weighted by Crippen LogP contribution is 2.60. The predicted molar refractivity (Wildman–Crippen MR) is 178 cm³/mol. The summed E-state index contributed by atoms with van der Waals surface area (Å²) in [7, 11) is 0. The number of ether oxygens (including phenoxy) is 3. The standard InChI is InChI=1S/C34H36BrN7O6/c1-19-4-5-28(35)38-32(19)39-33(45)26-12-34-13-27(34)42(26)29(44)16-41-31-23(17-47-8-6-46-7-9-48-18-34)10-22(24-14-36-21(3)37-15-24)11-25(31)30(40-41)20(2)43/h4-5,10-11,14-15,26-27H,6-9,12-13,16-18H2,1-3H3,(H,38,39,45)/t26-,27+,34-/m0/s1. The van der Waals surface area contributed by atoms with E-state index in [1.54, 1.807) is 28.0 Å². The Bertz CT molecular complexity index is 1910. The van der Waals surface area contributed by atoms with E-state index in [0.717, 1.165) is 28.7 Å². The number of anilines is 1. The van der Waals surface area contributed by atoms with E-state index in [4.69, 9.17) is 14.2 Å². The van der Waals surface area contributed by atoms with E-state index in [2.05, 4.69) is 41.3 Å². The van der Waals surface area contributed by atoms with E-state index >= 15 is 0 Å². The van der Waals surface area contributed by atoms with Gasteiger partial charge < -0.3 is 24.4 Å². The van der Waals surface area contributed by atoms with Crippen LogP contribution in [0.5, 0.6) is 0 Å². The van der Waals surface area contributed by atoms with Crippen LogP contribution in [0, 0.1) is 19.3 Å². The molecule has 1 aliphatic carbocycles. The van der Waals surface area contributed by atoms with Crippen LogP contribution < -0.4 is 5.32 Å². The second-order valence-electron chi connectivity index (χ2n) is 12.7. The Balaban J connectivity index is 1.28. The predicted octanol–water partition coefficient (Wildman–Crippen LogP) is 4.03. The molecule has 4 aromatic rings. The molecule has 1 aromatic carbocycles. The van der Waals surface area contributed by atoms with Gasteiger partial charge in [-0.25, -0.2) is 15.0 Å². The molecule has 2 aliphatic heterocycles. The van der Waals surface area contributed by atoms with Crippen molar-refractivity contribution < 1.29 is 28.6 Å². The van der Waals surface area contributed by atoms with Gasteiger partial charge in [0.25, 0.3) is 0 Å². The van der Waals surface area contributed by atoms with Crippen LogP contribution >= 0.6 is 15.9 Å². The summed E-state index contributed by atoms with van der Waals surface area (Å²) in [5.74, 6) is 0.260. The first-order chi connectivity index (χ1) is 23.1. The van der Waals surface area contributed by atoms with Crippen molar-refractivity contribution in [3.05, 3.63) is 63.9 Å². The average molecular weight is 719 g/mol. The molecule has 3 atom stereocenters. The van der Waals surface area contributed by atoms with E-state index in [9.17, 15) is 14.4 Å². The van der Waals surface area contributed by atoms with Gasteiger partial charge in [-0.2, -0.15) is 5.10 Å². The fraction of sp³-hybridized carbons (Fsp3) is 0.441. The van der Waals surface area contributed by atoms with Crippen molar-refractivity contribution in [1.82, 2.24) is 29.6 Å². The van der Waals surface area contributed by atoms with Crippen molar-refractivity contribution in [2.24, 2.45) is 5.41 Å². The number of amides is 2. The van der Waals surface area contributed by atoms with Gasteiger partial charge in [0.1, 0.15) is 34.5 Å². The average Bonchev–Trinajstić information content (AvgIpc) is 3.46. The topological polar surface area (TPSA) is 151 Å². The quantitative estimate of drug-likeness (QED) is 0.242. The summed E-state index contributed by atoms with van der Waals surface area (Å²) in [6, 6.07) is 6.60. The highest BCUT2D eigenvalue weighted by molar-refractivity contribution is 9.10. The Morgan fingerprint density at radius 1 is 1.00 bits per heavy atom. The first kappa shape index (κ1) is 32.4. The summed E-state index contributed by atoms with van der Waals surface area (Å²) >= 11 is 3.38. The van der Waals surface area contributed by atoms with Gasteiger partial charge in [0.2, 0.25) is 11.8 Å². The first-order valence-electron chi connectivity index (χ1n) is 16.0. The number of pyridine rings is 1. The molecule has 0 spiro atoms. The SMILES string of the molecule is CC(=O)c1nn2c3c(cc(-c4cnc(C)nc4)cc13)COCCOCCOC[C@@]13C[C@@H](C(=O)Nc4nc(Br)ccc4C)N(C(=O)C2)[C@@H]1C3. The number of rotatable bonds is 4. The number of hydrogen-bond donors (Lipinski definition) is 1. The summed E-state index contributed by atoms with van der Waals surface area (Å²) < 4.78 is 20.0. The van der Waals surface area contributed by atoms with Crippen molar-refractivity contribution in [3.8, 4) is 11.1 Å². The number of carbonyl (C=O) groups is 3. The van der Waals surface area contributed by atoms with Gasteiger partial charge in [0.05, 0.1) is 45.2 Å². The normalized spacial score (nSPS) is 23.1. The number of aromatic nitrogens is 5. The van der Waals surface area contributed by atoms with Crippen LogP contribution in [-0.2, 0) is 37.0 Å². The Hall–Kier alpha value is -4.11. The molecule has 3 aromatic heterocycles. The molecule has 2 bridgehead atoms. The fourth-order valence-corrected chi connectivity index (χ4v) is 7.16. The zero-order valence-corrected chi connectivity index (χ0v) is 28.6. The highest BCUT2D eigenvalue weighted by atomic mass is 79.9. The van der Waals surface area contributed by atoms with Gasteiger partial charge >= 0.3 is 0 Å². The van der Waals surface area contributed by atoms with Crippen LogP contribution in [0.3, 0.4) is 0 Å². The van der Waals surface area contributed by atoms with E-state index in [-0.39, 0.29) is 47.9 Å². The number of halogens is 1. The van der Waals surface area contributed by atoms with Gasteiger partial charge in [-0.1, -0.05) is 6.07 Å². The van der Waals surface area contributed by atoms with Crippen molar-refractivity contribution in [3.63, 3.8) is 0 Å². The number of benzene rings is 1. The maximum absolute atomic E-state index is 14.4. The summed E-state index contributed by atoms with van der Waals surface area (Å²) in [6.07, 6.45) is 4.66. The van der Waals surface area contributed by atoms with Gasteiger partial charge in [-0.3, -0.25) is 19.1 Å². The number of nitrogens with zero attached hydrogens (tertiary/aromatic N) is 6. The number of aryl methyl sites for hydroxylation is 2. The van der Waals surface area contributed by atoms with Crippen molar-refractivity contribution in [1.29, 1.82) is 0 Å². The zero-order chi connectivity index (χ0) is 33.6. The van der Waals surface area contributed by atoms with Crippen LogP contribution in [0.2, 0.25) is 0 Å². The molecular weight excluding hydrogens is 682 g/mol. The third kappa shape index (κ3) is 6.25. The Morgan fingerprint density at radius 2 is 1.75 bits per heavy atom. The monoisotopic (exact) mass is 717 g/mol. The molecule has 250 valence electrons. The number of ketones is 1. The van der Waals surface area contributed by atoms with Crippen LogP contribution in [-0.4, -0.2) is 92.3 Å². The van der Waals surface area contributed by atoms with E-state index in [1.165, 1.54) is 6.92 Å². The Kier molecular flexibility index (Phi) is 8.83. The zero-order valence-electron chi connectivity index (χ0n) is 27.0. The van der Waals surface area contributed by atoms with Crippen LogP contribution in [0.15, 0.2) is 41.3 Å². The summed E-state index contributed by atoms with van der Waals surface area (Å²) in [5.41, 5.74) is 3.65. The molecule has 2 amide bonds. The fourth-order valence-electron chi connectivity index (χ4n) is 6.85. The van der Waals surface area contributed by atoms with Crippen LogP contribution in [0.1, 0.15) is 47.2 Å². The third-order valence-corrected chi connectivity index (χ3v) is 9.80. The van der Waals surface area contributed by atoms with Gasteiger partial charge in [-0.15, -0.1) is 0 Å². The molecule has 1 saturated carbocycles. The van der Waals surface area contributed by atoms with Crippen molar-refractivity contribution >= 4 is 50.2 Å². The minimum Gasteiger partial charge on any atom is -0.378 e. The lowest BCUT2D eigenvalue weighted by atomic mass is 10.00. The first-order valence-corrected chi connectivity index (χ1v) is 16.7. The molecule has 0 radical (unpaired) electrons. The van der Waals surface area contributed by atoms with Gasteiger partial charge in [0.15, 0.2) is 5.78 Å². The minimum atomic E-state index is -0.736. The molecule has 1 N–H and O–H groups in total. The number of hydrogen-bond acceptors (Lipinski definition) is 10. The molecule has 13 nitrogen and oxygen atoms in total. The molecule has 1 saturated heterocycles. The molecule has 5 heterocycles. The minimum absolute atomic E-state index is 0.168. The second kappa shape index (κ2) is 13.1. The van der Waals surface area contributed by atoms with Gasteiger partial charge in [0, 0.05) is 47.3 Å². The van der Waals surface area contributed by atoms with E-state index < -0.39 is 6.04 Å². The maximum atomic E-state index is 14.4. The Morgan fingerprint density at radius 3 is 2.52 bits per heavy atom. The van der Waals surface area contributed by atoms with Crippen LogP contribution in [0.4, 0.5) is 5.82 Å². The highest BCUT2D eigenvalue weighted by Gasteiger charge is 2.67. The Labute approximate surface area is 285 Å². The van der Waals surface area contributed by atoms with E-state index in [0.29, 0.717) is 66.6 Å². The largest absolute Gasteiger partial charge is 0.378 e. The number of carbonyl (C=O) groups excluding carboxylic acids is 3. The molecule has 14 heteroatoms. The summed E-state index contributed by atoms with van der Waals surface area (Å²) in [4.78, 5) is 56.0. The lowest BCUT2D eigenvalue weighted by Gasteiger charge is -2.27. The second-order valence-corrected chi connectivity index (χ2v) is 13.5. The molecular formula is C34H36BrN7O6. The lowest BCUT2D eigenvalue weighted by Crippen LogP contribution is -2.47. The number of nitrogens with one attached hydrogen (secondary N) is 1. The summed E-state index contributed by atoms with van der Waals surface area (Å²) in [6.45, 7) is 7.08. The molecule has 0 unspecified atom stereocenters. The number of piperidine rings is 1. The maximum Gasteiger partial charge on any atom is 0.248 e. The molecule has 3 aliphatic rings.